The summed E-state index contributed by atoms with van der Waals surface area (Å²) in [6, 6.07) is 2.04. The second-order valence-corrected chi connectivity index (χ2v) is 9.47. The average molecular weight is 504 g/mol. The molecule has 3 N–H and O–H groups in total. The van der Waals surface area contributed by atoms with E-state index in [1.165, 1.54) is 0 Å². The lowest BCUT2D eigenvalue weighted by Crippen LogP contribution is -2.55. The van der Waals surface area contributed by atoms with Crippen LogP contribution in [0.4, 0.5) is 24.9 Å². The molecule has 9 nitrogen and oxygen atoms in total. The molecule has 0 unspecified atom stereocenters. The van der Waals surface area contributed by atoms with Crippen LogP contribution in [-0.2, 0) is 6.42 Å². The molecule has 0 saturated carbocycles. The lowest BCUT2D eigenvalue weighted by molar-refractivity contribution is -0.0671. The van der Waals surface area contributed by atoms with Crippen molar-refractivity contribution >= 4 is 50.7 Å². The van der Waals surface area contributed by atoms with Crippen LogP contribution < -0.4 is 15.1 Å². The summed E-state index contributed by atoms with van der Waals surface area (Å²) >= 11 is 1.58. The minimum absolute atomic E-state index is 0.0851. The van der Waals surface area contributed by atoms with Crippen molar-refractivity contribution in [2.45, 2.75) is 25.9 Å². The first-order chi connectivity index (χ1) is 16.7. The summed E-state index contributed by atoms with van der Waals surface area (Å²) in [6.07, 6.45) is 2.68. The highest BCUT2D eigenvalue weighted by atomic mass is 32.1. The number of halogens is 3. The summed E-state index contributed by atoms with van der Waals surface area (Å²) in [5, 5.41) is 19.8. The van der Waals surface area contributed by atoms with Gasteiger partial charge in [-0.25, -0.2) is 4.98 Å². The van der Waals surface area contributed by atoms with E-state index in [1.807, 2.05) is 24.5 Å². The first-order valence-electron chi connectivity index (χ1n) is 11.3. The highest BCUT2D eigenvalue weighted by molar-refractivity contribution is 7.18. The van der Waals surface area contributed by atoms with E-state index in [-0.39, 0.29) is 25.5 Å². The van der Waals surface area contributed by atoms with Gasteiger partial charge in [-0.05, 0) is 18.6 Å². The van der Waals surface area contributed by atoms with Gasteiger partial charge in [0.05, 0.1) is 29.9 Å². The van der Waals surface area contributed by atoms with E-state index in [4.69, 9.17) is 20.8 Å². The third kappa shape index (κ3) is 4.47. The molecule has 0 spiro atoms. The Morgan fingerprint density at radius 2 is 2.09 bits per heavy atom. The summed E-state index contributed by atoms with van der Waals surface area (Å²) in [7, 11) is 0. The van der Waals surface area contributed by atoms with E-state index in [1.54, 1.807) is 21.1 Å². The van der Waals surface area contributed by atoms with Crippen LogP contribution in [0.1, 0.15) is 18.2 Å². The van der Waals surface area contributed by atoms with Crippen molar-refractivity contribution in [3.05, 3.63) is 35.1 Å². The van der Waals surface area contributed by atoms with E-state index in [2.05, 4.69) is 17.2 Å². The number of alkyl halides is 3. The fourth-order valence-electron chi connectivity index (χ4n) is 4.21. The third-order valence-electron chi connectivity index (χ3n) is 5.88. The van der Waals surface area contributed by atoms with Crippen LogP contribution in [0, 0.1) is 10.8 Å². The van der Waals surface area contributed by atoms with Gasteiger partial charge >= 0.3 is 6.18 Å². The zero-order chi connectivity index (χ0) is 24.7. The molecule has 0 radical (unpaired) electrons. The molecule has 13 heteroatoms. The maximum absolute atomic E-state index is 13.1. The lowest BCUT2D eigenvalue weighted by atomic mass is 10.2. The number of nitrogens with one attached hydrogen (secondary N) is 3. The molecule has 184 valence electrons. The maximum atomic E-state index is 13.1. The maximum Gasteiger partial charge on any atom is 0.449 e. The van der Waals surface area contributed by atoms with E-state index in [9.17, 15) is 13.2 Å². The minimum Gasteiger partial charge on any atom is -0.380 e. The summed E-state index contributed by atoms with van der Waals surface area (Å²) in [5.74, 6) is -0.791. The fraction of sp³-hybridized carbons (Fsp3) is 0.409. The van der Waals surface area contributed by atoms with Crippen LogP contribution in [0.15, 0.2) is 35.2 Å². The monoisotopic (exact) mass is 503 g/mol. The molecule has 2 aromatic rings. The highest BCUT2D eigenvalue weighted by Crippen LogP contribution is 2.35. The van der Waals surface area contributed by atoms with Gasteiger partial charge in [0, 0.05) is 36.9 Å². The molecule has 0 amide bonds. The van der Waals surface area contributed by atoms with Gasteiger partial charge in [-0.15, -0.1) is 11.3 Å². The number of aromatic nitrogens is 2. The molecule has 2 aromatic heterocycles. The predicted octanol–water partition coefficient (Wildman–Crippen LogP) is 3.50. The van der Waals surface area contributed by atoms with Crippen LogP contribution >= 0.6 is 11.3 Å². The molecule has 1 saturated heterocycles. The SMILES string of the molecule is CCCc1cc2c(N3CCN(C(=N)C(F)(F)F)C(=N)C3)nc(N3C=CC4=NCCNC4=C3)nc2s1. The summed E-state index contributed by atoms with van der Waals surface area (Å²) in [5.41, 5.74) is 1.75. The first kappa shape index (κ1) is 23.3. The predicted molar refractivity (Wildman–Crippen MR) is 132 cm³/mol. The van der Waals surface area contributed by atoms with Gasteiger partial charge in [0.25, 0.3) is 0 Å². The molecule has 0 bridgehead atoms. The van der Waals surface area contributed by atoms with Crippen molar-refractivity contribution in [1.82, 2.24) is 20.2 Å². The standard InChI is InChI=1S/C22H24F3N9S/c1-2-3-13-10-14-18(32-8-9-34(17(26)12-32)20(27)22(23,24)25)30-21(31-19(14)35-13)33-7-4-15-16(11-33)29-6-5-28-15/h4,7,10-11,26-27,29H,2-3,5-6,8-9,12H2,1H3. The molecule has 35 heavy (non-hydrogen) atoms. The Morgan fingerprint density at radius 1 is 1.26 bits per heavy atom. The van der Waals surface area contributed by atoms with E-state index in [0.717, 1.165) is 45.9 Å². The quantitative estimate of drug-likeness (QED) is 0.436. The first-order valence-corrected chi connectivity index (χ1v) is 12.1. The third-order valence-corrected chi connectivity index (χ3v) is 6.97. The summed E-state index contributed by atoms with van der Waals surface area (Å²) in [4.78, 5) is 20.3. The molecule has 0 atom stereocenters. The molecule has 5 rings (SSSR count). The molecule has 3 aliphatic rings. The Labute approximate surface area is 203 Å². The fourth-order valence-corrected chi connectivity index (χ4v) is 5.33. The number of hydrogen-bond donors (Lipinski definition) is 3. The minimum atomic E-state index is -4.80. The topological polar surface area (TPSA) is 108 Å². The number of thiophene rings is 1. The van der Waals surface area contributed by atoms with Gasteiger partial charge in [0.2, 0.25) is 11.8 Å². The molecule has 1 fully saturated rings. The van der Waals surface area contributed by atoms with Gasteiger partial charge in [-0.3, -0.25) is 20.7 Å². The number of aliphatic imine (C=N–C) groups is 1. The number of anilines is 2. The largest absolute Gasteiger partial charge is 0.449 e. The van der Waals surface area contributed by atoms with Gasteiger partial charge < -0.3 is 15.1 Å². The molecular formula is C22H24F3N9S. The van der Waals surface area contributed by atoms with Crippen molar-refractivity contribution in [3.63, 3.8) is 0 Å². The van der Waals surface area contributed by atoms with Crippen molar-refractivity contribution < 1.29 is 13.2 Å². The zero-order valence-electron chi connectivity index (χ0n) is 19.0. The Hall–Kier alpha value is -3.48. The number of hydrogen-bond acceptors (Lipinski definition) is 9. The Bertz CT molecular complexity index is 1280. The molecule has 0 aromatic carbocycles. The number of aryl methyl sites for hydroxylation is 1. The molecule has 0 aliphatic carbocycles. The number of rotatable bonds is 4. The number of nitrogens with zero attached hydrogens (tertiary/aromatic N) is 6. The van der Waals surface area contributed by atoms with Gasteiger partial charge in [-0.2, -0.15) is 18.2 Å². The van der Waals surface area contributed by atoms with Crippen LogP contribution in [0.2, 0.25) is 0 Å². The number of allylic oxidation sites excluding steroid dienone is 1. The van der Waals surface area contributed by atoms with Crippen LogP contribution in [0.3, 0.4) is 0 Å². The van der Waals surface area contributed by atoms with Crippen LogP contribution in [0.25, 0.3) is 10.2 Å². The smallest absolute Gasteiger partial charge is 0.380 e. The van der Waals surface area contributed by atoms with E-state index in [0.29, 0.717) is 23.2 Å². The summed E-state index contributed by atoms with van der Waals surface area (Å²) < 4.78 is 39.2. The Morgan fingerprint density at radius 3 is 2.83 bits per heavy atom. The van der Waals surface area contributed by atoms with Crippen molar-refractivity contribution in [3.8, 4) is 0 Å². The second kappa shape index (κ2) is 8.95. The van der Waals surface area contributed by atoms with Gasteiger partial charge in [0.15, 0.2) is 0 Å². The Kier molecular flexibility index (Phi) is 5.95. The van der Waals surface area contributed by atoms with Crippen LogP contribution in [-0.4, -0.2) is 71.2 Å². The number of piperazine rings is 1. The van der Waals surface area contributed by atoms with Crippen molar-refractivity contribution in [2.75, 3.05) is 42.5 Å². The normalized spacial score (nSPS) is 18.4. The van der Waals surface area contributed by atoms with Crippen LogP contribution in [0.5, 0.6) is 0 Å². The van der Waals surface area contributed by atoms with Gasteiger partial charge in [0.1, 0.15) is 16.5 Å². The van der Waals surface area contributed by atoms with E-state index < -0.39 is 12.0 Å². The number of fused-ring (bicyclic) bond motifs is 2. The zero-order valence-corrected chi connectivity index (χ0v) is 19.8. The highest BCUT2D eigenvalue weighted by Gasteiger charge is 2.41. The molecule has 3 aliphatic heterocycles. The second-order valence-electron chi connectivity index (χ2n) is 8.35. The van der Waals surface area contributed by atoms with Gasteiger partial charge in [-0.1, -0.05) is 13.3 Å². The Balaban J connectivity index is 1.50. The van der Waals surface area contributed by atoms with E-state index >= 15 is 0 Å². The summed E-state index contributed by atoms with van der Waals surface area (Å²) in [6.45, 7) is 3.54. The molecular weight excluding hydrogens is 479 g/mol. The van der Waals surface area contributed by atoms with Crippen molar-refractivity contribution in [1.29, 1.82) is 10.8 Å². The van der Waals surface area contributed by atoms with Crippen molar-refractivity contribution in [2.24, 2.45) is 4.99 Å². The number of amidine groups is 2. The lowest BCUT2D eigenvalue weighted by Gasteiger charge is -2.37. The molecule has 5 heterocycles. The average Bonchev–Trinajstić information content (AvgIpc) is 3.25.